The summed E-state index contributed by atoms with van der Waals surface area (Å²) in [6, 6.07) is 7.54. The smallest absolute Gasteiger partial charge is 0.357 e. The Morgan fingerprint density at radius 1 is 1.35 bits per heavy atom. The van der Waals surface area contributed by atoms with E-state index in [1.165, 1.54) is 6.92 Å². The van der Waals surface area contributed by atoms with Gasteiger partial charge in [0.25, 0.3) is 0 Å². The van der Waals surface area contributed by atoms with Gasteiger partial charge in [0.15, 0.2) is 0 Å². The highest BCUT2D eigenvalue weighted by molar-refractivity contribution is 7.80. The number of nitrogens with one attached hydrogen (secondary N) is 1. The lowest BCUT2D eigenvalue weighted by atomic mass is 10.1. The van der Waals surface area contributed by atoms with Crippen molar-refractivity contribution in [3.8, 4) is 0 Å². The minimum Gasteiger partial charge on any atom is -0.478 e. The monoisotopic (exact) mass is 340 g/mol. The van der Waals surface area contributed by atoms with Crippen LogP contribution in [-0.2, 0) is 20.9 Å². The second-order valence-electron chi connectivity index (χ2n) is 5.76. The SMILES string of the molecule is CC(CS)C(=O)N[C@@](C)(OCc1ccc(N(C)C)cc1)C(=O)O. The first-order valence-corrected chi connectivity index (χ1v) is 7.89. The van der Waals surface area contributed by atoms with E-state index in [1.807, 2.05) is 43.3 Å². The number of amides is 1. The Labute approximate surface area is 142 Å². The molecule has 2 atom stereocenters. The number of carboxylic acid groups (broad SMARTS) is 1. The maximum Gasteiger partial charge on any atom is 0.357 e. The molecule has 0 saturated heterocycles. The van der Waals surface area contributed by atoms with Gasteiger partial charge in [-0.2, -0.15) is 12.6 Å². The molecule has 0 aromatic heterocycles. The Balaban J connectivity index is 2.76. The largest absolute Gasteiger partial charge is 0.478 e. The zero-order valence-corrected chi connectivity index (χ0v) is 14.8. The molecule has 1 unspecified atom stereocenters. The number of benzene rings is 1. The molecular weight excluding hydrogens is 316 g/mol. The first kappa shape index (κ1) is 19.3. The fourth-order valence-electron chi connectivity index (χ4n) is 1.71. The molecule has 0 bridgehead atoms. The van der Waals surface area contributed by atoms with Gasteiger partial charge in [-0.15, -0.1) is 0 Å². The van der Waals surface area contributed by atoms with Gasteiger partial charge in [-0.1, -0.05) is 19.1 Å². The van der Waals surface area contributed by atoms with Crippen LogP contribution in [0.3, 0.4) is 0 Å². The van der Waals surface area contributed by atoms with Crippen LogP contribution in [0.25, 0.3) is 0 Å². The van der Waals surface area contributed by atoms with E-state index in [2.05, 4.69) is 17.9 Å². The Kier molecular flexibility index (Phi) is 6.90. The van der Waals surface area contributed by atoms with Crippen LogP contribution in [0.15, 0.2) is 24.3 Å². The second kappa shape index (κ2) is 8.21. The number of thiol groups is 1. The minimum atomic E-state index is -1.78. The Hall–Kier alpha value is -1.73. The quantitative estimate of drug-likeness (QED) is 0.496. The topological polar surface area (TPSA) is 78.9 Å². The number of carbonyl (C=O) groups excluding carboxylic acids is 1. The Bertz CT molecular complexity index is 548. The molecule has 23 heavy (non-hydrogen) atoms. The molecule has 2 N–H and O–H groups in total. The van der Waals surface area contributed by atoms with Crippen molar-refractivity contribution >= 4 is 30.2 Å². The Morgan fingerprint density at radius 2 is 1.91 bits per heavy atom. The Morgan fingerprint density at radius 3 is 2.35 bits per heavy atom. The van der Waals surface area contributed by atoms with Crippen molar-refractivity contribution in [1.82, 2.24) is 5.32 Å². The van der Waals surface area contributed by atoms with E-state index in [0.717, 1.165) is 11.3 Å². The zero-order valence-electron chi connectivity index (χ0n) is 13.9. The molecule has 0 radical (unpaired) electrons. The van der Waals surface area contributed by atoms with Gasteiger partial charge in [-0.05, 0) is 24.6 Å². The van der Waals surface area contributed by atoms with Crippen molar-refractivity contribution in [3.63, 3.8) is 0 Å². The van der Waals surface area contributed by atoms with Gasteiger partial charge < -0.3 is 20.1 Å². The van der Waals surface area contributed by atoms with Crippen LogP contribution in [-0.4, -0.2) is 42.6 Å². The minimum absolute atomic E-state index is 0.0754. The number of nitrogens with zero attached hydrogens (tertiary/aromatic N) is 1. The average molecular weight is 340 g/mol. The summed E-state index contributed by atoms with van der Waals surface area (Å²) < 4.78 is 5.47. The predicted octanol–water partition coefficient (Wildman–Crippen LogP) is 1.75. The molecular formula is C16H24N2O4S. The van der Waals surface area contributed by atoms with Crippen molar-refractivity contribution in [1.29, 1.82) is 0 Å². The summed E-state index contributed by atoms with van der Waals surface area (Å²) in [5, 5.41) is 11.8. The number of aliphatic carboxylic acids is 1. The highest BCUT2D eigenvalue weighted by Crippen LogP contribution is 2.16. The number of carboxylic acids is 1. The third kappa shape index (κ3) is 5.44. The molecule has 0 aliphatic heterocycles. The van der Waals surface area contributed by atoms with Crippen molar-refractivity contribution < 1.29 is 19.4 Å². The highest BCUT2D eigenvalue weighted by Gasteiger charge is 2.37. The van der Waals surface area contributed by atoms with Gasteiger partial charge in [-0.3, -0.25) is 4.79 Å². The van der Waals surface area contributed by atoms with Crippen LogP contribution < -0.4 is 10.2 Å². The third-order valence-corrected chi connectivity index (χ3v) is 4.02. The fourth-order valence-corrected chi connectivity index (χ4v) is 1.88. The lowest BCUT2D eigenvalue weighted by Crippen LogP contribution is -2.55. The second-order valence-corrected chi connectivity index (χ2v) is 6.13. The molecule has 128 valence electrons. The number of hydrogen-bond acceptors (Lipinski definition) is 5. The normalized spacial score (nSPS) is 14.7. The first-order chi connectivity index (χ1) is 10.7. The molecule has 1 aromatic carbocycles. The van der Waals surface area contributed by atoms with Gasteiger partial charge in [0.2, 0.25) is 11.6 Å². The molecule has 6 nitrogen and oxygen atoms in total. The molecule has 1 aromatic rings. The van der Waals surface area contributed by atoms with Crippen molar-refractivity contribution in [3.05, 3.63) is 29.8 Å². The first-order valence-electron chi connectivity index (χ1n) is 7.26. The molecule has 0 aliphatic carbocycles. The molecule has 0 saturated carbocycles. The van der Waals surface area contributed by atoms with Crippen LogP contribution in [0.5, 0.6) is 0 Å². The molecule has 1 amide bonds. The summed E-state index contributed by atoms with van der Waals surface area (Å²) in [7, 11) is 3.87. The van der Waals surface area contributed by atoms with Crippen molar-refractivity contribution in [2.75, 3.05) is 24.7 Å². The van der Waals surface area contributed by atoms with E-state index in [9.17, 15) is 14.7 Å². The predicted molar refractivity (Wildman–Crippen MR) is 92.8 cm³/mol. The van der Waals surface area contributed by atoms with Crippen molar-refractivity contribution in [2.45, 2.75) is 26.2 Å². The van der Waals surface area contributed by atoms with E-state index >= 15 is 0 Å². The fraction of sp³-hybridized carbons (Fsp3) is 0.500. The van der Waals surface area contributed by atoms with E-state index in [4.69, 9.17) is 4.74 Å². The molecule has 0 aliphatic rings. The van der Waals surface area contributed by atoms with Crippen LogP contribution in [0, 0.1) is 5.92 Å². The summed E-state index contributed by atoms with van der Waals surface area (Å²) in [6.07, 6.45) is 0. The van der Waals surface area contributed by atoms with Gasteiger partial charge in [0, 0.05) is 31.5 Å². The summed E-state index contributed by atoms with van der Waals surface area (Å²) in [4.78, 5) is 25.3. The summed E-state index contributed by atoms with van der Waals surface area (Å²) in [5.41, 5.74) is 0.0688. The maximum absolute atomic E-state index is 11.9. The summed E-state index contributed by atoms with van der Waals surface area (Å²) in [6.45, 7) is 3.07. The molecule has 7 heteroatoms. The van der Waals surface area contributed by atoms with Gasteiger partial charge in [-0.25, -0.2) is 4.79 Å². The van der Waals surface area contributed by atoms with E-state index in [0.29, 0.717) is 5.75 Å². The van der Waals surface area contributed by atoms with E-state index in [1.54, 1.807) is 6.92 Å². The highest BCUT2D eigenvalue weighted by atomic mass is 32.1. The van der Waals surface area contributed by atoms with Crippen LogP contribution in [0.2, 0.25) is 0 Å². The standard InChI is InChI=1S/C16H24N2O4S/c1-11(10-23)14(19)17-16(2,15(20)21)22-9-12-5-7-13(8-6-12)18(3)4/h5-8,11,23H,9-10H2,1-4H3,(H,17,19)(H,20,21)/t11?,16-/m0/s1. The number of rotatable bonds is 8. The maximum atomic E-state index is 11.9. The summed E-state index contributed by atoms with van der Waals surface area (Å²) in [5.74, 6) is -1.73. The lowest BCUT2D eigenvalue weighted by molar-refractivity contribution is -0.174. The van der Waals surface area contributed by atoms with Crippen LogP contribution in [0.1, 0.15) is 19.4 Å². The zero-order chi connectivity index (χ0) is 17.6. The van der Waals surface area contributed by atoms with E-state index < -0.39 is 23.5 Å². The van der Waals surface area contributed by atoms with Crippen molar-refractivity contribution in [2.24, 2.45) is 5.92 Å². The number of hydrogen-bond donors (Lipinski definition) is 3. The molecule has 0 heterocycles. The van der Waals surface area contributed by atoms with Gasteiger partial charge >= 0.3 is 5.97 Å². The number of ether oxygens (including phenoxy) is 1. The van der Waals surface area contributed by atoms with E-state index in [-0.39, 0.29) is 6.61 Å². The molecule has 0 spiro atoms. The number of anilines is 1. The molecule has 0 fully saturated rings. The van der Waals surface area contributed by atoms with Crippen LogP contribution >= 0.6 is 12.6 Å². The third-order valence-electron chi connectivity index (χ3n) is 3.47. The lowest BCUT2D eigenvalue weighted by Gasteiger charge is -2.27. The molecule has 1 rings (SSSR count). The van der Waals surface area contributed by atoms with Gasteiger partial charge in [0.05, 0.1) is 6.61 Å². The van der Waals surface area contributed by atoms with Gasteiger partial charge in [0.1, 0.15) is 0 Å². The van der Waals surface area contributed by atoms with Crippen LogP contribution in [0.4, 0.5) is 5.69 Å². The summed E-state index contributed by atoms with van der Waals surface area (Å²) >= 11 is 4.04. The number of carbonyl (C=O) groups is 2. The average Bonchev–Trinajstić information content (AvgIpc) is 2.52.